The maximum absolute atomic E-state index is 12.4. The Labute approximate surface area is 155 Å². The molecule has 0 aliphatic rings. The van der Waals surface area contributed by atoms with E-state index in [1.54, 1.807) is 42.5 Å². The first kappa shape index (κ1) is 20.4. The van der Waals surface area contributed by atoms with E-state index in [2.05, 4.69) is 5.32 Å². The average Bonchev–Trinajstić information content (AvgIpc) is 2.66. The van der Waals surface area contributed by atoms with Crippen LogP contribution in [-0.2, 0) is 11.3 Å². The molecule has 2 aromatic rings. The molecule has 0 amide bonds. The number of ether oxygens (including phenoxy) is 3. The van der Waals surface area contributed by atoms with Crippen LogP contribution < -0.4 is 19.5 Å². The number of rotatable bonds is 10. The number of carbonyl (C=O) groups is 1. The van der Waals surface area contributed by atoms with Gasteiger partial charge in [-0.1, -0.05) is 30.3 Å². The van der Waals surface area contributed by atoms with Gasteiger partial charge in [0.1, 0.15) is 12.6 Å². The maximum Gasteiger partial charge on any atom is 0.325 e. The Morgan fingerprint density at radius 3 is 2.19 bits per heavy atom. The third-order valence-electron chi connectivity index (χ3n) is 3.76. The standard InChI is InChI=1S/C19H21F2NO5/c1-25-14-8-12(9-15(26-2)18(14)27-11-16(20)21)10-22-17(19(23)24)13-6-4-3-5-7-13/h3-9,16-17,22H,10-11H2,1-2H3,(H,23,24)/t17-/m1/s1. The van der Waals surface area contributed by atoms with Gasteiger partial charge in [0.25, 0.3) is 6.43 Å². The predicted molar refractivity (Wildman–Crippen MR) is 94.7 cm³/mol. The normalized spacial score (nSPS) is 11.9. The maximum atomic E-state index is 12.4. The molecule has 0 aliphatic carbocycles. The van der Waals surface area contributed by atoms with Crippen molar-refractivity contribution in [3.63, 3.8) is 0 Å². The summed E-state index contributed by atoms with van der Waals surface area (Å²) in [4.78, 5) is 11.6. The molecule has 27 heavy (non-hydrogen) atoms. The topological polar surface area (TPSA) is 77.0 Å². The van der Waals surface area contributed by atoms with Gasteiger partial charge in [-0.05, 0) is 23.3 Å². The summed E-state index contributed by atoms with van der Waals surface area (Å²) in [5.41, 5.74) is 1.26. The Bertz CT molecular complexity index is 730. The Kier molecular flexibility index (Phi) is 7.36. The molecular weight excluding hydrogens is 360 g/mol. The highest BCUT2D eigenvalue weighted by atomic mass is 19.3. The fraction of sp³-hybridized carbons (Fsp3) is 0.316. The number of hydrogen-bond donors (Lipinski definition) is 2. The first-order valence-electron chi connectivity index (χ1n) is 8.13. The van der Waals surface area contributed by atoms with E-state index >= 15 is 0 Å². The van der Waals surface area contributed by atoms with Crippen molar-refractivity contribution in [3.05, 3.63) is 53.6 Å². The molecule has 0 saturated heterocycles. The van der Waals surface area contributed by atoms with Crippen LogP contribution in [0.1, 0.15) is 17.2 Å². The summed E-state index contributed by atoms with van der Waals surface area (Å²) < 4.78 is 40.4. The van der Waals surface area contributed by atoms with Gasteiger partial charge in [-0.15, -0.1) is 0 Å². The van der Waals surface area contributed by atoms with Crippen LogP contribution >= 0.6 is 0 Å². The molecule has 8 heteroatoms. The van der Waals surface area contributed by atoms with Crippen LogP contribution in [0, 0.1) is 0 Å². The zero-order chi connectivity index (χ0) is 19.8. The first-order chi connectivity index (χ1) is 13.0. The molecule has 6 nitrogen and oxygen atoms in total. The summed E-state index contributed by atoms with van der Waals surface area (Å²) in [5, 5.41) is 12.4. The van der Waals surface area contributed by atoms with Gasteiger partial charge in [0, 0.05) is 6.54 Å². The van der Waals surface area contributed by atoms with Crippen molar-refractivity contribution >= 4 is 5.97 Å². The van der Waals surface area contributed by atoms with Crippen molar-refractivity contribution < 1.29 is 32.9 Å². The van der Waals surface area contributed by atoms with Gasteiger partial charge < -0.3 is 19.3 Å². The molecule has 0 spiro atoms. The number of benzene rings is 2. The van der Waals surface area contributed by atoms with Crippen LogP contribution in [0.15, 0.2) is 42.5 Å². The highest BCUT2D eigenvalue weighted by molar-refractivity contribution is 5.75. The zero-order valence-corrected chi connectivity index (χ0v) is 14.9. The Balaban J connectivity index is 2.21. The van der Waals surface area contributed by atoms with E-state index in [-0.39, 0.29) is 23.8 Å². The highest BCUT2D eigenvalue weighted by Gasteiger charge is 2.20. The number of carboxylic acids is 1. The summed E-state index contributed by atoms with van der Waals surface area (Å²) in [7, 11) is 2.76. The third-order valence-corrected chi connectivity index (χ3v) is 3.76. The molecule has 1 atom stereocenters. The minimum absolute atomic E-state index is 0.0712. The van der Waals surface area contributed by atoms with Gasteiger partial charge in [0.15, 0.2) is 11.5 Å². The van der Waals surface area contributed by atoms with Crippen molar-refractivity contribution in [1.82, 2.24) is 5.32 Å². The number of carboxylic acid groups (broad SMARTS) is 1. The Morgan fingerprint density at radius 1 is 1.11 bits per heavy atom. The van der Waals surface area contributed by atoms with Gasteiger partial charge in [-0.3, -0.25) is 10.1 Å². The molecule has 0 bridgehead atoms. The van der Waals surface area contributed by atoms with Crippen LogP contribution in [0.5, 0.6) is 17.2 Å². The smallest absolute Gasteiger partial charge is 0.325 e. The molecule has 0 saturated carbocycles. The van der Waals surface area contributed by atoms with Crippen molar-refractivity contribution in [2.45, 2.75) is 19.0 Å². The van der Waals surface area contributed by atoms with Crippen LogP contribution in [0.25, 0.3) is 0 Å². The number of nitrogens with one attached hydrogen (secondary N) is 1. The lowest BCUT2D eigenvalue weighted by Gasteiger charge is -2.18. The van der Waals surface area contributed by atoms with E-state index < -0.39 is 25.0 Å². The molecule has 0 unspecified atom stereocenters. The molecule has 0 heterocycles. The van der Waals surface area contributed by atoms with E-state index in [4.69, 9.17) is 14.2 Å². The number of methoxy groups -OCH3 is 2. The largest absolute Gasteiger partial charge is 0.493 e. The van der Waals surface area contributed by atoms with E-state index in [1.165, 1.54) is 14.2 Å². The lowest BCUT2D eigenvalue weighted by molar-refractivity contribution is -0.139. The second-order valence-corrected chi connectivity index (χ2v) is 5.59. The lowest BCUT2D eigenvalue weighted by Crippen LogP contribution is -2.28. The molecule has 0 aromatic heterocycles. The van der Waals surface area contributed by atoms with Gasteiger partial charge in [0.2, 0.25) is 5.75 Å². The number of alkyl halides is 2. The lowest BCUT2D eigenvalue weighted by atomic mass is 10.1. The van der Waals surface area contributed by atoms with Crippen LogP contribution in [-0.4, -0.2) is 38.3 Å². The minimum Gasteiger partial charge on any atom is -0.493 e. The van der Waals surface area contributed by atoms with Crippen LogP contribution in [0.3, 0.4) is 0 Å². The van der Waals surface area contributed by atoms with Gasteiger partial charge in [-0.25, -0.2) is 8.78 Å². The first-order valence-corrected chi connectivity index (χ1v) is 8.13. The van der Waals surface area contributed by atoms with Crippen LogP contribution in [0.2, 0.25) is 0 Å². The summed E-state index contributed by atoms with van der Waals surface area (Å²) >= 11 is 0. The number of hydrogen-bond acceptors (Lipinski definition) is 5. The molecule has 0 aliphatic heterocycles. The second-order valence-electron chi connectivity index (χ2n) is 5.59. The second kappa shape index (κ2) is 9.72. The van der Waals surface area contributed by atoms with Crippen molar-refractivity contribution in [3.8, 4) is 17.2 Å². The average molecular weight is 381 g/mol. The molecule has 0 radical (unpaired) electrons. The van der Waals surface area contributed by atoms with E-state index in [0.29, 0.717) is 11.1 Å². The molecule has 2 rings (SSSR count). The Hall–Kier alpha value is -2.87. The van der Waals surface area contributed by atoms with Crippen molar-refractivity contribution in [1.29, 1.82) is 0 Å². The number of halogens is 2. The summed E-state index contributed by atoms with van der Waals surface area (Å²) in [6.45, 7) is -0.604. The van der Waals surface area contributed by atoms with Crippen LogP contribution in [0.4, 0.5) is 8.78 Å². The van der Waals surface area contributed by atoms with E-state index in [9.17, 15) is 18.7 Å². The fourth-order valence-corrected chi connectivity index (χ4v) is 2.54. The van der Waals surface area contributed by atoms with Gasteiger partial charge >= 0.3 is 5.97 Å². The summed E-state index contributed by atoms with van der Waals surface area (Å²) in [6.07, 6.45) is -2.64. The molecule has 146 valence electrons. The van der Waals surface area contributed by atoms with Gasteiger partial charge in [-0.2, -0.15) is 0 Å². The summed E-state index contributed by atoms with van der Waals surface area (Å²) in [5.74, 6) is -0.504. The monoisotopic (exact) mass is 381 g/mol. The molecule has 2 N–H and O–H groups in total. The molecule has 0 fully saturated rings. The zero-order valence-electron chi connectivity index (χ0n) is 14.9. The predicted octanol–water partition coefficient (Wildman–Crippen LogP) is 3.26. The summed E-state index contributed by atoms with van der Waals surface area (Å²) in [6, 6.07) is 11.0. The van der Waals surface area contributed by atoms with Crippen molar-refractivity contribution in [2.24, 2.45) is 0 Å². The van der Waals surface area contributed by atoms with E-state index in [1.807, 2.05) is 0 Å². The highest BCUT2D eigenvalue weighted by Crippen LogP contribution is 2.39. The van der Waals surface area contributed by atoms with Gasteiger partial charge in [0.05, 0.1) is 14.2 Å². The SMILES string of the molecule is COc1cc(CN[C@@H](C(=O)O)c2ccccc2)cc(OC)c1OCC(F)F. The minimum atomic E-state index is -2.64. The van der Waals surface area contributed by atoms with Crippen molar-refractivity contribution in [2.75, 3.05) is 20.8 Å². The fourth-order valence-electron chi connectivity index (χ4n) is 2.54. The quantitative estimate of drug-likeness (QED) is 0.658. The van der Waals surface area contributed by atoms with E-state index in [0.717, 1.165) is 0 Å². The Morgan fingerprint density at radius 2 is 1.70 bits per heavy atom. The molecule has 2 aromatic carbocycles. The molecular formula is C19H21F2NO5. The third kappa shape index (κ3) is 5.55. The number of aliphatic carboxylic acids is 1.